The highest BCUT2D eigenvalue weighted by Gasteiger charge is 2.21. The van der Waals surface area contributed by atoms with Crippen LogP contribution in [0.5, 0.6) is 0 Å². The van der Waals surface area contributed by atoms with Crippen LogP contribution in [0.25, 0.3) is 0 Å². The molecule has 9 nitrogen and oxygen atoms in total. The van der Waals surface area contributed by atoms with Crippen LogP contribution in [0.1, 0.15) is 6.92 Å². The normalized spacial score (nSPS) is 11.1. The van der Waals surface area contributed by atoms with Crippen LogP contribution in [0.4, 0.5) is 16.6 Å². The summed E-state index contributed by atoms with van der Waals surface area (Å²) < 4.78 is 25.9. The topological polar surface area (TPSA) is 140 Å². The molecule has 0 saturated carbocycles. The summed E-state index contributed by atoms with van der Waals surface area (Å²) in [5, 5.41) is 9.51. The first-order valence-electron chi connectivity index (χ1n) is 5.22. The van der Waals surface area contributed by atoms with Gasteiger partial charge in [-0.15, -0.1) is 10.2 Å². The van der Waals surface area contributed by atoms with Crippen molar-refractivity contribution in [1.29, 1.82) is 0 Å². The van der Waals surface area contributed by atoms with Crippen LogP contribution < -0.4 is 15.8 Å². The Labute approximate surface area is 118 Å². The minimum Gasteiger partial charge on any atom is -0.397 e. The maximum absolute atomic E-state index is 12.0. The fourth-order valence-corrected chi connectivity index (χ4v) is 3.12. The van der Waals surface area contributed by atoms with Crippen molar-refractivity contribution < 1.29 is 13.2 Å². The lowest BCUT2D eigenvalue weighted by molar-refractivity contribution is -0.114. The molecule has 0 radical (unpaired) electrons. The summed E-state index contributed by atoms with van der Waals surface area (Å²) in [5.74, 6) is -0.256. The number of carbonyl (C=O) groups excluding carboxylic acids is 1. The van der Waals surface area contributed by atoms with Gasteiger partial charge >= 0.3 is 0 Å². The van der Waals surface area contributed by atoms with E-state index in [0.29, 0.717) is 5.69 Å². The quantitative estimate of drug-likeness (QED) is 0.688. The molecule has 0 unspecified atom stereocenters. The highest BCUT2D eigenvalue weighted by molar-refractivity contribution is 7.94. The zero-order chi connectivity index (χ0) is 14.8. The molecule has 0 aliphatic rings. The number of nitrogens with two attached hydrogens (primary N) is 1. The van der Waals surface area contributed by atoms with E-state index in [9.17, 15) is 13.2 Å². The van der Waals surface area contributed by atoms with E-state index in [4.69, 9.17) is 5.73 Å². The summed E-state index contributed by atoms with van der Waals surface area (Å²) in [6.07, 6.45) is 1.32. The molecule has 11 heteroatoms. The second kappa shape index (κ2) is 5.38. The van der Waals surface area contributed by atoms with Gasteiger partial charge in [0, 0.05) is 6.92 Å². The van der Waals surface area contributed by atoms with E-state index in [-0.39, 0.29) is 21.2 Å². The standard InChI is InChI=1S/C9H10N6O3S2/c1-5(16)12-8-13-14-9(19-8)20(17,18)15-7-3-2-6(10)4-11-7/h2-4H,10H2,1H3,(H,11,15)(H,12,13,16). The van der Waals surface area contributed by atoms with E-state index in [2.05, 4.69) is 25.2 Å². The van der Waals surface area contributed by atoms with Gasteiger partial charge in [-0.2, -0.15) is 8.42 Å². The van der Waals surface area contributed by atoms with Crippen LogP contribution >= 0.6 is 11.3 Å². The van der Waals surface area contributed by atoms with Crippen molar-refractivity contribution in [2.75, 3.05) is 15.8 Å². The Morgan fingerprint density at radius 3 is 2.70 bits per heavy atom. The second-order valence-corrected chi connectivity index (χ2v) is 6.47. The van der Waals surface area contributed by atoms with E-state index in [0.717, 1.165) is 11.3 Å². The second-order valence-electron chi connectivity index (χ2n) is 3.64. The van der Waals surface area contributed by atoms with E-state index in [1.807, 2.05) is 0 Å². The van der Waals surface area contributed by atoms with Crippen LogP contribution in [0, 0.1) is 0 Å². The highest BCUT2D eigenvalue weighted by Crippen LogP contribution is 2.21. The van der Waals surface area contributed by atoms with Crippen molar-refractivity contribution in [1.82, 2.24) is 15.2 Å². The summed E-state index contributed by atoms with van der Waals surface area (Å²) in [6, 6.07) is 2.93. The SMILES string of the molecule is CC(=O)Nc1nnc(S(=O)(=O)Nc2ccc(N)cn2)s1. The molecule has 2 aromatic rings. The van der Waals surface area contributed by atoms with Gasteiger partial charge in [0.1, 0.15) is 5.82 Å². The Kier molecular flexibility index (Phi) is 3.81. The first kappa shape index (κ1) is 14.1. The van der Waals surface area contributed by atoms with Gasteiger partial charge in [-0.3, -0.25) is 9.52 Å². The van der Waals surface area contributed by atoms with Gasteiger partial charge in [-0.25, -0.2) is 4.98 Å². The molecule has 20 heavy (non-hydrogen) atoms. The Morgan fingerprint density at radius 2 is 2.10 bits per heavy atom. The number of pyridine rings is 1. The number of nitrogen functional groups attached to an aromatic ring is 1. The number of hydrogen-bond donors (Lipinski definition) is 3. The minimum absolute atomic E-state index is 0.100. The van der Waals surface area contributed by atoms with Gasteiger partial charge < -0.3 is 11.1 Å². The Balaban J connectivity index is 2.19. The number of sulfonamides is 1. The smallest absolute Gasteiger partial charge is 0.292 e. The number of rotatable bonds is 4. The van der Waals surface area contributed by atoms with Crippen LogP contribution in [-0.4, -0.2) is 29.5 Å². The first-order chi connectivity index (χ1) is 9.37. The summed E-state index contributed by atoms with van der Waals surface area (Å²) in [7, 11) is -3.90. The Hall–Kier alpha value is -2.27. The maximum atomic E-state index is 12.0. The minimum atomic E-state index is -3.90. The number of nitrogens with one attached hydrogen (secondary N) is 2. The molecule has 0 aromatic carbocycles. The van der Waals surface area contributed by atoms with Crippen molar-refractivity contribution in [3.05, 3.63) is 18.3 Å². The van der Waals surface area contributed by atoms with Crippen molar-refractivity contribution >= 4 is 43.9 Å². The largest absolute Gasteiger partial charge is 0.397 e. The molecule has 0 spiro atoms. The predicted molar refractivity (Wildman–Crippen MR) is 73.7 cm³/mol. The molecule has 0 aliphatic carbocycles. The van der Waals surface area contributed by atoms with Crippen LogP contribution in [0.3, 0.4) is 0 Å². The van der Waals surface area contributed by atoms with Crippen molar-refractivity contribution in [2.45, 2.75) is 11.3 Å². The van der Waals surface area contributed by atoms with E-state index < -0.39 is 10.0 Å². The lowest BCUT2D eigenvalue weighted by Crippen LogP contribution is -2.13. The van der Waals surface area contributed by atoms with Crippen LogP contribution in [0.15, 0.2) is 22.7 Å². The van der Waals surface area contributed by atoms with Crippen molar-refractivity contribution in [3.8, 4) is 0 Å². The molecule has 2 rings (SSSR count). The van der Waals surface area contributed by atoms with Crippen LogP contribution in [-0.2, 0) is 14.8 Å². The summed E-state index contributed by atoms with van der Waals surface area (Å²) in [4.78, 5) is 14.7. The van der Waals surface area contributed by atoms with E-state index in [1.165, 1.54) is 25.3 Å². The number of carbonyl (C=O) groups is 1. The number of amides is 1. The summed E-state index contributed by atoms with van der Waals surface area (Å²) in [6.45, 7) is 1.28. The molecule has 0 atom stereocenters. The molecule has 0 bridgehead atoms. The number of hydrogen-bond acceptors (Lipinski definition) is 8. The highest BCUT2D eigenvalue weighted by atomic mass is 32.2. The van der Waals surface area contributed by atoms with Crippen LogP contribution in [0.2, 0.25) is 0 Å². The van der Waals surface area contributed by atoms with Crippen molar-refractivity contribution in [3.63, 3.8) is 0 Å². The molecule has 0 fully saturated rings. The van der Waals surface area contributed by atoms with Gasteiger partial charge in [0.15, 0.2) is 0 Å². The molecule has 2 heterocycles. The zero-order valence-corrected chi connectivity index (χ0v) is 11.8. The average molecular weight is 314 g/mol. The first-order valence-corrected chi connectivity index (χ1v) is 7.52. The predicted octanol–water partition coefficient (Wildman–Crippen LogP) is 0.274. The number of anilines is 3. The van der Waals surface area contributed by atoms with Crippen molar-refractivity contribution in [2.24, 2.45) is 0 Å². The lowest BCUT2D eigenvalue weighted by atomic mass is 10.4. The fourth-order valence-electron chi connectivity index (χ4n) is 1.17. The average Bonchev–Trinajstić information content (AvgIpc) is 2.80. The Bertz CT molecular complexity index is 724. The summed E-state index contributed by atoms with van der Waals surface area (Å²) >= 11 is 0.733. The number of aromatic nitrogens is 3. The fraction of sp³-hybridized carbons (Fsp3) is 0.111. The third-order valence-electron chi connectivity index (χ3n) is 1.94. The van der Waals surface area contributed by atoms with Gasteiger partial charge in [-0.05, 0) is 12.1 Å². The van der Waals surface area contributed by atoms with Gasteiger partial charge in [0.2, 0.25) is 11.0 Å². The molecular formula is C9H10N6O3S2. The lowest BCUT2D eigenvalue weighted by Gasteiger charge is -2.03. The molecular weight excluding hydrogens is 304 g/mol. The van der Waals surface area contributed by atoms with Gasteiger partial charge in [0.25, 0.3) is 14.4 Å². The molecule has 0 aliphatic heterocycles. The summed E-state index contributed by atoms with van der Waals surface area (Å²) in [5.41, 5.74) is 5.86. The van der Waals surface area contributed by atoms with E-state index in [1.54, 1.807) is 0 Å². The molecule has 106 valence electrons. The third-order valence-corrected chi connectivity index (χ3v) is 4.51. The molecule has 1 amide bonds. The molecule has 2 aromatic heterocycles. The van der Waals surface area contributed by atoms with Gasteiger partial charge in [-0.1, -0.05) is 11.3 Å². The van der Waals surface area contributed by atoms with Gasteiger partial charge in [0.05, 0.1) is 11.9 Å². The zero-order valence-electron chi connectivity index (χ0n) is 10.2. The van der Waals surface area contributed by atoms with E-state index >= 15 is 0 Å². The molecule has 0 saturated heterocycles. The third kappa shape index (κ3) is 3.39. The Morgan fingerprint density at radius 1 is 1.35 bits per heavy atom. The number of nitrogens with zero attached hydrogens (tertiary/aromatic N) is 3. The molecule has 4 N–H and O–H groups in total. The maximum Gasteiger partial charge on any atom is 0.292 e. The monoisotopic (exact) mass is 314 g/mol.